The van der Waals surface area contributed by atoms with Gasteiger partial charge in [0.05, 0.1) is 38.9 Å². The monoisotopic (exact) mass is 444 g/mol. The summed E-state index contributed by atoms with van der Waals surface area (Å²) in [6, 6.07) is 16.8. The fourth-order valence-corrected chi connectivity index (χ4v) is 5.60. The van der Waals surface area contributed by atoms with E-state index in [1.54, 1.807) is 52.0 Å². The van der Waals surface area contributed by atoms with E-state index in [0.29, 0.717) is 22.3 Å². The van der Waals surface area contributed by atoms with Gasteiger partial charge in [-0.3, -0.25) is 0 Å². The van der Waals surface area contributed by atoms with E-state index in [-0.39, 0.29) is 0 Å². The average Bonchev–Trinajstić information content (AvgIpc) is 3.42. The molecular formula is C22H12N4O3S2. The first kappa shape index (κ1) is 18.2. The lowest BCUT2D eigenvalue weighted by molar-refractivity contribution is 0.0391. The highest BCUT2D eigenvalue weighted by atomic mass is 32.2. The van der Waals surface area contributed by atoms with Crippen LogP contribution in [0, 0.1) is 0 Å². The zero-order valence-electron chi connectivity index (χ0n) is 15.8. The summed E-state index contributed by atoms with van der Waals surface area (Å²) in [5.74, 6) is -0.634. The van der Waals surface area contributed by atoms with Crippen molar-refractivity contribution in [1.29, 1.82) is 0 Å². The van der Waals surface area contributed by atoms with Crippen LogP contribution in [0.5, 0.6) is 0 Å². The van der Waals surface area contributed by atoms with Gasteiger partial charge in [0.25, 0.3) is 0 Å². The summed E-state index contributed by atoms with van der Waals surface area (Å²) >= 11 is 3.27. The van der Waals surface area contributed by atoms with E-state index >= 15 is 0 Å². The van der Waals surface area contributed by atoms with Crippen molar-refractivity contribution in [3.05, 3.63) is 77.6 Å². The second-order valence-electron chi connectivity index (χ2n) is 6.93. The first-order valence-corrected chi connectivity index (χ1v) is 11.2. The van der Waals surface area contributed by atoms with E-state index in [2.05, 4.69) is 21.4 Å². The van der Waals surface area contributed by atoms with E-state index in [1.807, 2.05) is 30.5 Å². The van der Waals surface area contributed by atoms with Crippen molar-refractivity contribution in [2.75, 3.05) is 0 Å². The van der Waals surface area contributed by atoms with Gasteiger partial charge in [0, 0.05) is 16.5 Å². The third-order valence-corrected chi connectivity index (χ3v) is 7.26. The SMILES string of the molecule is O=C1OC(=O)c2ccc(-n3cc(CSc4nc5ccccc5s4)nn3)c3cccc1c23. The average molecular weight is 444 g/mol. The van der Waals surface area contributed by atoms with Gasteiger partial charge in [0.1, 0.15) is 0 Å². The molecule has 0 saturated heterocycles. The Morgan fingerprint density at radius 1 is 0.968 bits per heavy atom. The lowest BCUT2D eigenvalue weighted by atomic mass is 9.96. The van der Waals surface area contributed by atoms with Gasteiger partial charge in [0.15, 0.2) is 4.34 Å². The van der Waals surface area contributed by atoms with Crippen molar-refractivity contribution in [3.8, 4) is 5.69 Å². The van der Waals surface area contributed by atoms with Gasteiger partial charge >= 0.3 is 11.9 Å². The van der Waals surface area contributed by atoms with Crippen molar-refractivity contribution in [2.45, 2.75) is 10.1 Å². The Labute approximate surface area is 183 Å². The first-order chi connectivity index (χ1) is 15.2. The third-order valence-electron chi connectivity index (χ3n) is 5.05. The number of cyclic esters (lactones) is 2. The standard InChI is InChI=1S/C22H12N4O3S2/c27-20-14-5-3-4-13-17(9-8-15(19(13)14)21(28)29-20)26-10-12(24-25-26)11-30-22-23-16-6-1-2-7-18(16)31-22/h1-10H,11H2. The number of ether oxygens (including phenoxy) is 1. The first-order valence-electron chi connectivity index (χ1n) is 9.39. The van der Waals surface area contributed by atoms with Gasteiger partial charge in [0.2, 0.25) is 0 Å². The normalized spacial score (nSPS) is 13.2. The predicted octanol–water partition coefficient (Wildman–Crippen LogP) is 4.63. The van der Waals surface area contributed by atoms with Crippen LogP contribution < -0.4 is 0 Å². The van der Waals surface area contributed by atoms with Crippen molar-refractivity contribution in [1.82, 2.24) is 20.0 Å². The lowest BCUT2D eigenvalue weighted by Gasteiger charge is -2.17. The van der Waals surface area contributed by atoms with Crippen LogP contribution in [0.4, 0.5) is 0 Å². The molecule has 31 heavy (non-hydrogen) atoms. The highest BCUT2D eigenvalue weighted by molar-refractivity contribution is 8.00. The number of carbonyl (C=O) groups excluding carboxylic acids is 2. The zero-order chi connectivity index (χ0) is 20.9. The molecule has 0 radical (unpaired) electrons. The molecule has 5 aromatic rings. The Balaban J connectivity index is 1.33. The van der Waals surface area contributed by atoms with Gasteiger partial charge < -0.3 is 4.74 Å². The number of benzene rings is 3. The molecule has 1 aliphatic heterocycles. The number of para-hydroxylation sites is 1. The molecule has 2 aromatic heterocycles. The Morgan fingerprint density at radius 2 is 1.81 bits per heavy atom. The van der Waals surface area contributed by atoms with Crippen molar-refractivity contribution < 1.29 is 14.3 Å². The molecule has 150 valence electrons. The molecule has 0 saturated carbocycles. The molecule has 3 heterocycles. The minimum Gasteiger partial charge on any atom is -0.386 e. The summed E-state index contributed by atoms with van der Waals surface area (Å²) < 4.78 is 8.64. The van der Waals surface area contributed by atoms with E-state index in [1.165, 1.54) is 0 Å². The smallest absolute Gasteiger partial charge is 0.346 e. The molecule has 3 aromatic carbocycles. The minimum atomic E-state index is -0.633. The van der Waals surface area contributed by atoms with Crippen LogP contribution in [0.2, 0.25) is 0 Å². The van der Waals surface area contributed by atoms with E-state index in [9.17, 15) is 9.59 Å². The van der Waals surface area contributed by atoms with Gasteiger partial charge in [-0.25, -0.2) is 19.3 Å². The molecule has 0 unspecified atom stereocenters. The zero-order valence-corrected chi connectivity index (χ0v) is 17.4. The van der Waals surface area contributed by atoms with Crippen LogP contribution >= 0.6 is 23.1 Å². The summed E-state index contributed by atoms with van der Waals surface area (Å²) in [6.07, 6.45) is 1.85. The summed E-state index contributed by atoms with van der Waals surface area (Å²) in [6.45, 7) is 0. The molecule has 0 N–H and O–H groups in total. The van der Waals surface area contributed by atoms with Crippen molar-refractivity contribution >= 4 is 56.0 Å². The van der Waals surface area contributed by atoms with Crippen LogP contribution in [0.3, 0.4) is 0 Å². The number of aromatic nitrogens is 4. The summed E-state index contributed by atoms with van der Waals surface area (Å²) in [5.41, 5.74) is 3.30. The van der Waals surface area contributed by atoms with E-state index < -0.39 is 11.9 Å². The molecule has 0 bridgehead atoms. The molecule has 0 fully saturated rings. The highest BCUT2D eigenvalue weighted by Crippen LogP contribution is 2.33. The molecule has 0 amide bonds. The number of thiazole rings is 1. The predicted molar refractivity (Wildman–Crippen MR) is 118 cm³/mol. The number of hydrogen-bond acceptors (Lipinski definition) is 8. The number of carbonyl (C=O) groups is 2. The molecule has 0 spiro atoms. The van der Waals surface area contributed by atoms with Gasteiger partial charge in [-0.05, 0) is 30.3 Å². The quantitative estimate of drug-likeness (QED) is 0.227. The Morgan fingerprint density at radius 3 is 2.68 bits per heavy atom. The Hall–Kier alpha value is -3.56. The largest absolute Gasteiger partial charge is 0.386 e. The fraction of sp³-hybridized carbons (Fsp3) is 0.0455. The van der Waals surface area contributed by atoms with Crippen molar-refractivity contribution in [2.24, 2.45) is 0 Å². The number of rotatable bonds is 4. The lowest BCUT2D eigenvalue weighted by Crippen LogP contribution is -2.20. The van der Waals surface area contributed by atoms with Gasteiger partial charge in [-0.15, -0.1) is 16.4 Å². The highest BCUT2D eigenvalue weighted by Gasteiger charge is 2.28. The van der Waals surface area contributed by atoms with Crippen LogP contribution in [0.1, 0.15) is 26.4 Å². The van der Waals surface area contributed by atoms with Gasteiger partial charge in [-0.2, -0.15) is 0 Å². The molecule has 1 aliphatic rings. The summed E-state index contributed by atoms with van der Waals surface area (Å²) in [4.78, 5) is 28.9. The summed E-state index contributed by atoms with van der Waals surface area (Å²) in [7, 11) is 0. The number of fused-ring (bicyclic) bond motifs is 1. The maximum absolute atomic E-state index is 12.1. The van der Waals surface area contributed by atoms with Crippen LogP contribution in [-0.2, 0) is 10.5 Å². The second-order valence-corrected chi connectivity index (χ2v) is 9.18. The molecule has 0 atom stereocenters. The Kier molecular flexibility index (Phi) is 4.12. The summed E-state index contributed by atoms with van der Waals surface area (Å²) in [5, 5.41) is 9.89. The number of esters is 2. The van der Waals surface area contributed by atoms with Crippen LogP contribution in [0.25, 0.3) is 26.7 Å². The molecule has 9 heteroatoms. The van der Waals surface area contributed by atoms with E-state index in [4.69, 9.17) is 4.74 Å². The number of nitrogens with zero attached hydrogens (tertiary/aromatic N) is 4. The molecule has 6 rings (SSSR count). The topological polar surface area (TPSA) is 87.0 Å². The fourth-order valence-electron chi connectivity index (χ4n) is 3.66. The van der Waals surface area contributed by atoms with Crippen LogP contribution in [0.15, 0.2) is 65.1 Å². The molecule has 0 aliphatic carbocycles. The third kappa shape index (κ3) is 3.01. The second kappa shape index (κ2) is 7.00. The minimum absolute atomic E-state index is 0.376. The number of thioether (sulfide) groups is 1. The molecular weight excluding hydrogens is 432 g/mol. The van der Waals surface area contributed by atoms with Crippen molar-refractivity contribution in [3.63, 3.8) is 0 Å². The molecule has 7 nitrogen and oxygen atoms in total. The van der Waals surface area contributed by atoms with E-state index in [0.717, 1.165) is 31.3 Å². The van der Waals surface area contributed by atoms with Crippen LogP contribution in [-0.4, -0.2) is 31.9 Å². The van der Waals surface area contributed by atoms with Gasteiger partial charge in [-0.1, -0.05) is 41.2 Å². The maximum atomic E-state index is 12.1. The Bertz CT molecular complexity index is 1470. The number of hydrogen-bond donors (Lipinski definition) is 0. The maximum Gasteiger partial charge on any atom is 0.346 e.